The lowest BCUT2D eigenvalue weighted by Crippen LogP contribution is -2.14. The predicted molar refractivity (Wildman–Crippen MR) is 62.4 cm³/mol. The first-order valence-electron chi connectivity index (χ1n) is 4.66. The van der Waals surface area contributed by atoms with Crippen LogP contribution in [0.2, 0.25) is 5.02 Å². The summed E-state index contributed by atoms with van der Waals surface area (Å²) in [7, 11) is 0. The third kappa shape index (κ3) is 2.19. The monoisotopic (exact) mass is 250 g/mol. The Balaban J connectivity index is 2.58. The van der Waals surface area contributed by atoms with Gasteiger partial charge in [0.25, 0.3) is 5.56 Å². The van der Waals surface area contributed by atoms with Crippen molar-refractivity contribution >= 4 is 17.9 Å². The zero-order chi connectivity index (χ0) is 12.4. The summed E-state index contributed by atoms with van der Waals surface area (Å²) in [5, 5.41) is 9.95. The number of aromatic nitrogens is 2. The summed E-state index contributed by atoms with van der Waals surface area (Å²) in [6.07, 6.45) is 0.257. The van der Waals surface area contributed by atoms with Crippen molar-refractivity contribution in [1.29, 1.82) is 0 Å². The molecule has 0 spiro atoms. The molecule has 0 atom stereocenters. The first-order chi connectivity index (χ1) is 8.11. The van der Waals surface area contributed by atoms with Gasteiger partial charge >= 0.3 is 0 Å². The van der Waals surface area contributed by atoms with Gasteiger partial charge in [0.1, 0.15) is 11.4 Å². The van der Waals surface area contributed by atoms with Crippen LogP contribution in [0.4, 0.5) is 0 Å². The van der Waals surface area contributed by atoms with Gasteiger partial charge in [-0.25, -0.2) is 0 Å². The second-order valence-electron chi connectivity index (χ2n) is 3.28. The number of nitrogens with one attached hydrogen (secondary N) is 1. The van der Waals surface area contributed by atoms with E-state index in [1.165, 1.54) is 0 Å². The highest BCUT2D eigenvalue weighted by atomic mass is 35.5. The molecule has 5 nitrogen and oxygen atoms in total. The number of hydrogen-bond acceptors (Lipinski definition) is 4. The number of benzene rings is 1. The first kappa shape index (κ1) is 11.3. The maximum Gasteiger partial charge on any atom is 0.265 e. The second kappa shape index (κ2) is 4.39. The quantitative estimate of drug-likeness (QED) is 0.793. The van der Waals surface area contributed by atoms with E-state index in [0.29, 0.717) is 10.6 Å². The molecular weight excluding hydrogens is 244 g/mol. The van der Waals surface area contributed by atoms with Gasteiger partial charge in [-0.1, -0.05) is 11.6 Å². The molecule has 0 aliphatic heterocycles. The molecule has 1 heterocycles. The number of H-pyrrole nitrogens is 1. The number of carbonyl (C=O) groups excluding carboxylic acids is 1. The number of halogens is 1. The van der Waals surface area contributed by atoms with Crippen LogP contribution < -0.4 is 5.56 Å². The van der Waals surface area contributed by atoms with Crippen molar-refractivity contribution < 1.29 is 9.90 Å². The van der Waals surface area contributed by atoms with Gasteiger partial charge in [-0.05, 0) is 24.3 Å². The van der Waals surface area contributed by atoms with E-state index in [9.17, 15) is 14.7 Å². The number of aromatic hydroxyl groups is 1. The molecule has 1 aromatic heterocycles. The molecule has 0 radical (unpaired) electrons. The van der Waals surface area contributed by atoms with Crippen LogP contribution in [0.1, 0.15) is 10.4 Å². The normalized spacial score (nSPS) is 10.2. The number of hydrogen-bond donors (Lipinski definition) is 2. The Bertz CT molecular complexity index is 620. The lowest BCUT2D eigenvalue weighted by molar-refractivity contribution is 0.111. The minimum Gasteiger partial charge on any atom is -0.493 e. The van der Waals surface area contributed by atoms with Crippen LogP contribution in [0.3, 0.4) is 0 Å². The minimum absolute atomic E-state index is 0.176. The van der Waals surface area contributed by atoms with Crippen molar-refractivity contribution in [3.8, 4) is 17.3 Å². The number of rotatable bonds is 2. The molecule has 2 N–H and O–H groups in total. The molecule has 0 aliphatic carbocycles. The predicted octanol–water partition coefficient (Wildman–Crippen LogP) is 1.61. The highest BCUT2D eigenvalue weighted by molar-refractivity contribution is 6.30. The molecule has 0 saturated heterocycles. The third-order valence-corrected chi connectivity index (χ3v) is 2.42. The summed E-state index contributed by atoms with van der Waals surface area (Å²) in [4.78, 5) is 28.1. The highest BCUT2D eigenvalue weighted by Crippen LogP contribution is 2.19. The van der Waals surface area contributed by atoms with Gasteiger partial charge in [0.05, 0.1) is 0 Å². The first-order valence-corrected chi connectivity index (χ1v) is 5.04. The van der Waals surface area contributed by atoms with E-state index < -0.39 is 11.4 Å². The summed E-state index contributed by atoms with van der Waals surface area (Å²) < 4.78 is 0. The van der Waals surface area contributed by atoms with Crippen molar-refractivity contribution in [2.75, 3.05) is 0 Å². The van der Waals surface area contributed by atoms with Gasteiger partial charge < -0.3 is 10.1 Å². The Kier molecular flexibility index (Phi) is 2.93. The van der Waals surface area contributed by atoms with Crippen LogP contribution >= 0.6 is 11.6 Å². The Morgan fingerprint density at radius 1 is 1.29 bits per heavy atom. The smallest absolute Gasteiger partial charge is 0.265 e. The molecule has 6 heteroatoms. The standard InChI is InChI=1S/C11H7ClN2O3/c12-7-3-1-6(2-4-7)9-13-10(16)8(5-15)11(17)14-9/h1-5H,(H2,13,14,16,17). The summed E-state index contributed by atoms with van der Waals surface area (Å²) in [5.41, 5.74) is -0.487. The summed E-state index contributed by atoms with van der Waals surface area (Å²) in [6, 6.07) is 6.53. The van der Waals surface area contributed by atoms with Crippen LogP contribution in [-0.2, 0) is 0 Å². The highest BCUT2D eigenvalue weighted by Gasteiger charge is 2.10. The summed E-state index contributed by atoms with van der Waals surface area (Å²) >= 11 is 5.72. The molecule has 0 bridgehead atoms. The van der Waals surface area contributed by atoms with Crippen LogP contribution in [0.5, 0.6) is 5.88 Å². The molecule has 0 aliphatic rings. The van der Waals surface area contributed by atoms with Gasteiger partial charge in [-0.2, -0.15) is 4.98 Å². The Morgan fingerprint density at radius 3 is 2.47 bits per heavy atom. The average Bonchev–Trinajstić information content (AvgIpc) is 2.29. The van der Waals surface area contributed by atoms with Gasteiger partial charge in [0.15, 0.2) is 6.29 Å². The van der Waals surface area contributed by atoms with Crippen molar-refractivity contribution in [3.05, 3.63) is 45.2 Å². The number of aromatic amines is 1. The average molecular weight is 251 g/mol. The maximum absolute atomic E-state index is 11.4. The van der Waals surface area contributed by atoms with Crippen molar-refractivity contribution in [3.63, 3.8) is 0 Å². The fourth-order valence-corrected chi connectivity index (χ4v) is 1.45. The SMILES string of the molecule is O=Cc1c(O)nc(-c2ccc(Cl)cc2)[nH]c1=O. The van der Waals surface area contributed by atoms with Gasteiger partial charge in [0.2, 0.25) is 5.88 Å². The lowest BCUT2D eigenvalue weighted by atomic mass is 10.2. The van der Waals surface area contributed by atoms with Gasteiger partial charge in [0, 0.05) is 10.6 Å². The fourth-order valence-electron chi connectivity index (χ4n) is 1.32. The van der Waals surface area contributed by atoms with Crippen LogP contribution in [0.15, 0.2) is 29.1 Å². The van der Waals surface area contributed by atoms with E-state index in [-0.39, 0.29) is 17.7 Å². The zero-order valence-corrected chi connectivity index (χ0v) is 9.23. The van der Waals surface area contributed by atoms with Crippen molar-refractivity contribution in [2.24, 2.45) is 0 Å². The molecule has 17 heavy (non-hydrogen) atoms. The van der Waals surface area contributed by atoms with Crippen LogP contribution in [0, 0.1) is 0 Å². The topological polar surface area (TPSA) is 83.0 Å². The molecule has 2 aromatic rings. The molecular formula is C11H7ClN2O3. The molecule has 2 rings (SSSR count). The van der Waals surface area contributed by atoms with E-state index >= 15 is 0 Å². The molecule has 0 saturated carbocycles. The molecule has 1 aromatic carbocycles. The number of aldehydes is 1. The number of nitrogens with zero attached hydrogens (tertiary/aromatic N) is 1. The van der Waals surface area contributed by atoms with Crippen LogP contribution in [-0.4, -0.2) is 21.4 Å². The van der Waals surface area contributed by atoms with Gasteiger partial charge in [-0.15, -0.1) is 0 Å². The minimum atomic E-state index is -0.683. The van der Waals surface area contributed by atoms with E-state index in [2.05, 4.69) is 9.97 Å². The van der Waals surface area contributed by atoms with E-state index in [4.69, 9.17) is 11.6 Å². The zero-order valence-electron chi connectivity index (χ0n) is 8.48. The second-order valence-corrected chi connectivity index (χ2v) is 3.71. The molecule has 0 unspecified atom stereocenters. The van der Waals surface area contributed by atoms with E-state index in [0.717, 1.165) is 0 Å². The molecule has 0 fully saturated rings. The van der Waals surface area contributed by atoms with Gasteiger partial charge in [-0.3, -0.25) is 9.59 Å². The summed E-state index contributed by atoms with van der Waals surface area (Å²) in [6.45, 7) is 0. The molecule has 0 amide bonds. The Labute approximate surface area is 101 Å². The Morgan fingerprint density at radius 2 is 1.94 bits per heavy atom. The Hall–Kier alpha value is -2.14. The molecule has 86 valence electrons. The lowest BCUT2D eigenvalue weighted by Gasteiger charge is -2.02. The largest absolute Gasteiger partial charge is 0.493 e. The maximum atomic E-state index is 11.4. The van der Waals surface area contributed by atoms with E-state index in [1.807, 2.05) is 0 Å². The van der Waals surface area contributed by atoms with Crippen molar-refractivity contribution in [2.45, 2.75) is 0 Å². The fraction of sp³-hybridized carbons (Fsp3) is 0. The van der Waals surface area contributed by atoms with E-state index in [1.54, 1.807) is 24.3 Å². The van der Waals surface area contributed by atoms with Crippen LogP contribution in [0.25, 0.3) is 11.4 Å². The number of carbonyl (C=O) groups is 1. The third-order valence-electron chi connectivity index (χ3n) is 2.17. The van der Waals surface area contributed by atoms with Crippen molar-refractivity contribution in [1.82, 2.24) is 9.97 Å². The summed E-state index contributed by atoms with van der Waals surface area (Å²) in [5.74, 6) is -0.413.